The molecule has 0 bridgehead atoms. The molecule has 0 aromatic rings. The molecule has 0 aliphatic rings. The van der Waals surface area contributed by atoms with Crippen molar-refractivity contribution in [2.45, 2.75) is 45.8 Å². The third-order valence-electron chi connectivity index (χ3n) is 1.71. The van der Waals surface area contributed by atoms with Gasteiger partial charge in [0.05, 0.1) is 0 Å². The van der Waals surface area contributed by atoms with Gasteiger partial charge in [-0.05, 0) is 0 Å². The molecule has 13 heavy (non-hydrogen) atoms. The van der Waals surface area contributed by atoms with E-state index < -0.39 is 8.07 Å². The average Bonchev–Trinajstić information content (AvgIpc) is 1.86. The Morgan fingerprint density at radius 3 is 2.00 bits per heavy atom. The second-order valence-electron chi connectivity index (χ2n) is 4.01. The summed E-state index contributed by atoms with van der Waals surface area (Å²) in [4.78, 5) is 0. The number of allylic oxidation sites excluding steroid dienone is 1. The summed E-state index contributed by atoms with van der Waals surface area (Å²) < 4.78 is 1.80. The molecule has 4 heteroatoms. The van der Waals surface area contributed by atoms with Crippen LogP contribution >= 0.6 is 0 Å². The number of hydrogen-bond donors (Lipinski definition) is 0. The molecule has 0 aliphatic heterocycles. The minimum Gasteiger partial charge on any atom is -1.00 e. The molecule has 0 spiro atoms. The number of hydrogen-bond acceptors (Lipinski definition) is 0. The second-order valence-corrected chi connectivity index (χ2v) is 12.3. The van der Waals surface area contributed by atoms with E-state index in [4.69, 9.17) is 0 Å². The SMILES string of the molecule is CCCC/C=[C](/[Ce+2])[Si](C)(C)C.[Cl-].[Cl-]. The van der Waals surface area contributed by atoms with E-state index >= 15 is 0 Å². The van der Waals surface area contributed by atoms with Crippen LogP contribution in [0.2, 0.25) is 19.6 Å². The third kappa shape index (κ3) is 11.8. The first kappa shape index (κ1) is 20.3. The summed E-state index contributed by atoms with van der Waals surface area (Å²) >= 11 is 1.29. The number of unbranched alkanes of at least 4 members (excludes halogenated alkanes) is 2. The normalized spacial score (nSPS) is 11.7. The van der Waals surface area contributed by atoms with Gasteiger partial charge in [-0.25, -0.2) is 0 Å². The second kappa shape index (κ2) is 10.4. The predicted molar refractivity (Wildman–Crippen MR) is 51.0 cm³/mol. The molecule has 77 valence electrons. The zero-order valence-electron chi connectivity index (χ0n) is 8.95. The smallest absolute Gasteiger partial charge is 1.00 e. The number of rotatable bonds is 4. The monoisotopic (exact) mass is 365 g/mol. The fourth-order valence-electron chi connectivity index (χ4n) is 0.757. The van der Waals surface area contributed by atoms with E-state index in [1.807, 2.05) is 0 Å². The molecule has 0 N–H and O–H groups in total. The van der Waals surface area contributed by atoms with Gasteiger partial charge >= 0.3 is 100 Å². The molecule has 0 amide bonds. The molecule has 0 atom stereocenters. The first-order valence-electron chi connectivity index (χ1n) is 4.40. The maximum Gasteiger partial charge on any atom is -1.00 e. The summed E-state index contributed by atoms with van der Waals surface area (Å²) in [5, 5.41) is 0. The topological polar surface area (TPSA) is 0 Å². The van der Waals surface area contributed by atoms with E-state index in [0.29, 0.717) is 0 Å². The molecular formula is C9H19CeCl2Si. The average molecular weight is 366 g/mol. The summed E-state index contributed by atoms with van der Waals surface area (Å²) in [5.41, 5.74) is 0. The Morgan fingerprint density at radius 2 is 1.69 bits per heavy atom. The van der Waals surface area contributed by atoms with E-state index in [1.54, 1.807) is 0.714 Å². The molecule has 0 nitrogen and oxygen atoms in total. The van der Waals surface area contributed by atoms with Gasteiger partial charge in [0.1, 0.15) is 0 Å². The van der Waals surface area contributed by atoms with Gasteiger partial charge < -0.3 is 24.8 Å². The molecule has 0 aromatic heterocycles. The van der Waals surface area contributed by atoms with E-state index in [0.717, 1.165) is 0 Å². The van der Waals surface area contributed by atoms with Gasteiger partial charge in [-0.1, -0.05) is 0 Å². The van der Waals surface area contributed by atoms with E-state index in [1.165, 1.54) is 58.9 Å². The van der Waals surface area contributed by atoms with Gasteiger partial charge in [-0.3, -0.25) is 0 Å². The molecule has 0 unspecified atom stereocenters. The summed E-state index contributed by atoms with van der Waals surface area (Å²) in [6, 6.07) is 0. The van der Waals surface area contributed by atoms with Crippen LogP contribution in [0.15, 0.2) is 6.79 Å². The fraction of sp³-hybridized carbons (Fsp3) is 0.778. The van der Waals surface area contributed by atoms with Crippen LogP contribution < -0.4 is 24.8 Å². The molecule has 0 rings (SSSR count). The van der Waals surface area contributed by atoms with Crippen molar-refractivity contribution in [2.24, 2.45) is 0 Å². The molecule has 0 aromatic carbocycles. The van der Waals surface area contributed by atoms with Crippen molar-refractivity contribution in [1.82, 2.24) is 0 Å². The van der Waals surface area contributed by atoms with Crippen LogP contribution in [0.3, 0.4) is 0 Å². The van der Waals surface area contributed by atoms with Crippen LogP contribution in [0.25, 0.3) is 0 Å². The Morgan fingerprint density at radius 1 is 1.23 bits per heavy atom. The first-order valence-corrected chi connectivity index (χ1v) is 9.47. The van der Waals surface area contributed by atoms with Crippen LogP contribution in [-0.2, 0) is 0 Å². The van der Waals surface area contributed by atoms with Crippen molar-refractivity contribution >= 4 is 8.07 Å². The van der Waals surface area contributed by atoms with Crippen molar-refractivity contribution in [1.29, 1.82) is 0 Å². The van der Waals surface area contributed by atoms with Gasteiger partial charge in [-0.15, -0.1) is 0 Å². The van der Waals surface area contributed by atoms with Crippen LogP contribution in [0, 0.1) is 39.6 Å². The first-order chi connectivity index (χ1) is 4.98. The zero-order valence-corrected chi connectivity index (χ0v) is 14.6. The zero-order chi connectivity index (χ0) is 8.91. The molecule has 0 fully saturated rings. The van der Waals surface area contributed by atoms with Gasteiger partial charge in [0.15, 0.2) is 0 Å². The van der Waals surface area contributed by atoms with Gasteiger partial charge in [0.25, 0.3) is 0 Å². The maximum absolute atomic E-state index is 2.50. The third-order valence-corrected chi connectivity index (χ3v) is 11.2. The molecule has 0 aliphatic carbocycles. The van der Waals surface area contributed by atoms with Crippen molar-refractivity contribution in [3.8, 4) is 0 Å². The molecule has 0 saturated heterocycles. The fourth-order valence-corrected chi connectivity index (χ4v) is 1.97. The Labute approximate surface area is 123 Å². The standard InChI is InChI=1S/C9H19Si.Ce.2ClH/c1-5-6-7-8-9-10(2,3)4;;;/h8H,5-7H2,1-4H3;;2*1H/q;+2;;/p-2. The number of halogens is 2. The Balaban J connectivity index is -0.000000500. The van der Waals surface area contributed by atoms with Crippen LogP contribution in [0.5, 0.6) is 0 Å². The summed E-state index contributed by atoms with van der Waals surface area (Å²) in [5.74, 6) is 0. The largest absolute Gasteiger partial charge is 1.00 e. The molecular weight excluding hydrogens is 347 g/mol. The minimum absolute atomic E-state index is 0. The minimum atomic E-state index is -0.888. The predicted octanol–water partition coefficient (Wildman–Crippen LogP) is -2.50. The van der Waals surface area contributed by atoms with Gasteiger partial charge in [-0.2, -0.15) is 0 Å². The molecule has 0 heterocycles. The summed E-state index contributed by atoms with van der Waals surface area (Å²) in [6.45, 7) is 9.59. The van der Waals surface area contributed by atoms with Gasteiger partial charge in [0, 0.05) is 0 Å². The van der Waals surface area contributed by atoms with Crippen LogP contribution in [0.1, 0.15) is 26.2 Å². The Kier molecular flexibility index (Phi) is 16.3. The van der Waals surface area contributed by atoms with Crippen LogP contribution in [0.4, 0.5) is 0 Å². The summed E-state index contributed by atoms with van der Waals surface area (Å²) in [6.07, 6.45) is 6.52. The Bertz CT molecular complexity index is 141. The van der Waals surface area contributed by atoms with Crippen molar-refractivity contribution < 1.29 is 64.5 Å². The van der Waals surface area contributed by atoms with Crippen molar-refractivity contribution in [3.63, 3.8) is 0 Å². The van der Waals surface area contributed by atoms with Crippen LogP contribution in [-0.4, -0.2) is 8.07 Å². The van der Waals surface area contributed by atoms with E-state index in [2.05, 4.69) is 32.6 Å². The quantitative estimate of drug-likeness (QED) is 0.381. The van der Waals surface area contributed by atoms with Crippen molar-refractivity contribution in [3.05, 3.63) is 6.79 Å². The summed E-state index contributed by atoms with van der Waals surface area (Å²) in [7, 11) is -0.888. The van der Waals surface area contributed by atoms with E-state index in [-0.39, 0.29) is 24.8 Å². The molecule has 0 radical (unpaired) electrons. The maximum atomic E-state index is 2.50. The van der Waals surface area contributed by atoms with E-state index in [9.17, 15) is 0 Å². The molecule has 0 saturated carbocycles. The van der Waals surface area contributed by atoms with Gasteiger partial charge in [0.2, 0.25) is 0 Å². The Hall–Kier alpha value is 1.91. The van der Waals surface area contributed by atoms with Crippen molar-refractivity contribution in [2.75, 3.05) is 0 Å².